The molecule has 0 bridgehead atoms. The summed E-state index contributed by atoms with van der Waals surface area (Å²) in [6, 6.07) is 13.2. The van der Waals surface area contributed by atoms with Gasteiger partial charge < -0.3 is 14.6 Å². The number of ether oxygens (including phenoxy) is 2. The van der Waals surface area contributed by atoms with Crippen LogP contribution >= 0.6 is 0 Å². The van der Waals surface area contributed by atoms with E-state index in [9.17, 15) is 9.90 Å². The lowest BCUT2D eigenvalue weighted by atomic mass is 9.70. The van der Waals surface area contributed by atoms with Crippen molar-refractivity contribution in [2.24, 2.45) is 0 Å². The maximum Gasteiger partial charge on any atom is 0.314 e. The standard InChI is InChI=1S/C32H42O4/c1-7-18-31(34,8-2)19-17-25-11-12-26(20-23(25)5)32(9-3,10-4)27-13-15-29(24(6)21-27)35-22-28-14-16-30(33)36-28/h11-15,17,19-21,34H,7-10,16,18,22H2,1-6H3. The van der Waals surface area contributed by atoms with Crippen LogP contribution in [0, 0.1) is 13.8 Å². The second kappa shape index (κ2) is 11.9. The van der Waals surface area contributed by atoms with Crippen molar-refractivity contribution < 1.29 is 19.4 Å². The third-order valence-electron chi connectivity index (χ3n) is 7.74. The molecular weight excluding hydrogens is 448 g/mol. The van der Waals surface area contributed by atoms with Crippen molar-refractivity contribution >= 4 is 12.0 Å². The topological polar surface area (TPSA) is 55.8 Å². The molecule has 4 nitrogen and oxygen atoms in total. The van der Waals surface area contributed by atoms with Gasteiger partial charge in [0.1, 0.15) is 18.1 Å². The smallest absolute Gasteiger partial charge is 0.314 e. The first kappa shape index (κ1) is 27.7. The minimum Gasteiger partial charge on any atom is -0.485 e. The normalized spacial score (nSPS) is 15.6. The Bertz CT molecular complexity index is 1120. The van der Waals surface area contributed by atoms with E-state index in [-0.39, 0.29) is 18.0 Å². The molecule has 2 aromatic rings. The monoisotopic (exact) mass is 490 g/mol. The Hall–Kier alpha value is -2.85. The Morgan fingerprint density at radius 2 is 1.64 bits per heavy atom. The highest BCUT2D eigenvalue weighted by Gasteiger charge is 2.31. The van der Waals surface area contributed by atoms with E-state index >= 15 is 0 Å². The van der Waals surface area contributed by atoms with Gasteiger partial charge in [0.25, 0.3) is 0 Å². The van der Waals surface area contributed by atoms with Crippen LogP contribution in [0.4, 0.5) is 0 Å². The number of carbonyl (C=O) groups excluding carboxylic acids is 1. The maximum absolute atomic E-state index is 11.3. The third-order valence-corrected chi connectivity index (χ3v) is 7.74. The number of benzene rings is 2. The molecule has 0 aliphatic carbocycles. The Labute approximate surface area is 217 Å². The van der Waals surface area contributed by atoms with Crippen LogP contribution in [0.5, 0.6) is 5.75 Å². The molecule has 0 saturated heterocycles. The second-order valence-corrected chi connectivity index (χ2v) is 10.0. The summed E-state index contributed by atoms with van der Waals surface area (Å²) < 4.78 is 11.1. The van der Waals surface area contributed by atoms with Gasteiger partial charge in [-0.15, -0.1) is 0 Å². The SMILES string of the molecule is CCCC(O)(C=Cc1ccc(C(CC)(CC)c2ccc(OCC3=CCC(=O)O3)c(C)c2)cc1C)CC. The lowest BCUT2D eigenvalue weighted by Crippen LogP contribution is -2.26. The first-order valence-corrected chi connectivity index (χ1v) is 13.4. The Kier molecular flexibility index (Phi) is 9.19. The quantitative estimate of drug-likeness (QED) is 0.312. The number of rotatable bonds is 12. The zero-order chi connectivity index (χ0) is 26.3. The summed E-state index contributed by atoms with van der Waals surface area (Å²) in [6.07, 6.45) is 10.5. The van der Waals surface area contributed by atoms with Crippen LogP contribution in [-0.2, 0) is 14.9 Å². The number of carbonyl (C=O) groups is 1. The fourth-order valence-corrected chi connectivity index (χ4v) is 5.22. The second-order valence-electron chi connectivity index (χ2n) is 10.0. The molecule has 3 rings (SSSR count). The van der Waals surface area contributed by atoms with Crippen LogP contribution in [0.3, 0.4) is 0 Å². The van der Waals surface area contributed by atoms with Gasteiger partial charge in [0.05, 0.1) is 12.0 Å². The number of aliphatic hydroxyl groups is 1. The predicted octanol–water partition coefficient (Wildman–Crippen LogP) is 7.57. The largest absolute Gasteiger partial charge is 0.485 e. The van der Waals surface area contributed by atoms with Gasteiger partial charge in [-0.1, -0.05) is 76.6 Å². The van der Waals surface area contributed by atoms with Crippen molar-refractivity contribution in [2.45, 2.75) is 91.1 Å². The summed E-state index contributed by atoms with van der Waals surface area (Å²) in [4.78, 5) is 11.3. The van der Waals surface area contributed by atoms with Gasteiger partial charge in [-0.3, -0.25) is 4.79 Å². The summed E-state index contributed by atoms with van der Waals surface area (Å²) in [5.74, 6) is 1.16. The van der Waals surface area contributed by atoms with Crippen LogP contribution in [0.25, 0.3) is 6.08 Å². The Morgan fingerprint density at radius 3 is 2.17 bits per heavy atom. The van der Waals surface area contributed by atoms with Crippen LogP contribution < -0.4 is 4.74 Å². The molecule has 0 spiro atoms. The minimum absolute atomic E-state index is 0.105. The minimum atomic E-state index is -0.742. The van der Waals surface area contributed by atoms with E-state index in [1.165, 1.54) is 16.7 Å². The van der Waals surface area contributed by atoms with Gasteiger partial charge >= 0.3 is 5.97 Å². The maximum atomic E-state index is 11.3. The van der Waals surface area contributed by atoms with E-state index in [0.29, 0.717) is 18.6 Å². The molecule has 194 valence electrons. The molecule has 0 aromatic heterocycles. The molecule has 1 atom stereocenters. The molecule has 1 heterocycles. The lowest BCUT2D eigenvalue weighted by molar-refractivity contribution is -0.136. The average Bonchev–Trinajstić information content (AvgIpc) is 3.29. The number of aryl methyl sites for hydroxylation is 2. The molecule has 1 aliphatic rings. The van der Waals surface area contributed by atoms with Gasteiger partial charge in [0, 0.05) is 5.41 Å². The number of hydrogen-bond acceptors (Lipinski definition) is 4. The van der Waals surface area contributed by atoms with Crippen LogP contribution in [0.2, 0.25) is 0 Å². The molecule has 0 saturated carbocycles. The molecule has 0 fully saturated rings. The molecular formula is C32H42O4. The highest BCUT2D eigenvalue weighted by atomic mass is 16.6. The number of hydrogen-bond donors (Lipinski definition) is 1. The molecule has 36 heavy (non-hydrogen) atoms. The summed E-state index contributed by atoms with van der Waals surface area (Å²) >= 11 is 0. The van der Waals surface area contributed by atoms with Gasteiger partial charge in [0.15, 0.2) is 0 Å². The zero-order valence-electron chi connectivity index (χ0n) is 22.8. The van der Waals surface area contributed by atoms with Crippen LogP contribution in [0.1, 0.15) is 94.0 Å². The van der Waals surface area contributed by atoms with Gasteiger partial charge in [0.2, 0.25) is 0 Å². The van der Waals surface area contributed by atoms with Crippen molar-refractivity contribution in [1.29, 1.82) is 0 Å². The van der Waals surface area contributed by atoms with Crippen molar-refractivity contribution in [1.82, 2.24) is 0 Å². The van der Waals surface area contributed by atoms with Gasteiger partial charge in [-0.25, -0.2) is 0 Å². The molecule has 0 radical (unpaired) electrons. The summed E-state index contributed by atoms with van der Waals surface area (Å²) in [5, 5.41) is 10.8. The average molecular weight is 491 g/mol. The van der Waals surface area contributed by atoms with E-state index < -0.39 is 5.60 Å². The molecule has 4 heteroatoms. The summed E-state index contributed by atoms with van der Waals surface area (Å²) in [7, 11) is 0. The molecule has 1 N–H and O–H groups in total. The van der Waals surface area contributed by atoms with Crippen molar-refractivity contribution in [3.05, 3.63) is 82.1 Å². The first-order chi connectivity index (χ1) is 17.2. The predicted molar refractivity (Wildman–Crippen MR) is 147 cm³/mol. The molecule has 1 aliphatic heterocycles. The van der Waals surface area contributed by atoms with Gasteiger partial charge in [-0.05, 0) is 79.5 Å². The van der Waals surface area contributed by atoms with Crippen molar-refractivity contribution in [3.8, 4) is 5.75 Å². The van der Waals surface area contributed by atoms with E-state index in [4.69, 9.17) is 9.47 Å². The van der Waals surface area contributed by atoms with E-state index in [1.807, 2.05) is 19.1 Å². The molecule has 1 unspecified atom stereocenters. The Balaban J connectivity index is 1.86. The third kappa shape index (κ3) is 6.10. The fraction of sp³-hybridized carbons (Fsp3) is 0.469. The summed E-state index contributed by atoms with van der Waals surface area (Å²) in [5.41, 5.74) is 5.15. The number of esters is 1. The highest BCUT2D eigenvalue weighted by Crippen LogP contribution is 2.41. The van der Waals surface area contributed by atoms with Crippen LogP contribution in [0.15, 0.2) is 54.3 Å². The van der Waals surface area contributed by atoms with E-state index in [0.717, 1.165) is 42.6 Å². The lowest BCUT2D eigenvalue weighted by Gasteiger charge is -2.34. The Morgan fingerprint density at radius 1 is 0.972 bits per heavy atom. The van der Waals surface area contributed by atoms with Crippen molar-refractivity contribution in [3.63, 3.8) is 0 Å². The molecule has 0 amide bonds. The van der Waals surface area contributed by atoms with Crippen LogP contribution in [-0.4, -0.2) is 23.3 Å². The van der Waals surface area contributed by atoms with Gasteiger partial charge in [-0.2, -0.15) is 0 Å². The van der Waals surface area contributed by atoms with E-state index in [2.05, 4.69) is 71.0 Å². The molecule has 2 aromatic carbocycles. The number of cyclic esters (lactones) is 1. The van der Waals surface area contributed by atoms with E-state index in [1.54, 1.807) is 6.08 Å². The summed E-state index contributed by atoms with van der Waals surface area (Å²) in [6.45, 7) is 13.1. The fourth-order valence-electron chi connectivity index (χ4n) is 5.22. The van der Waals surface area contributed by atoms with Crippen molar-refractivity contribution in [2.75, 3.05) is 6.61 Å². The highest BCUT2D eigenvalue weighted by molar-refractivity contribution is 5.75. The zero-order valence-corrected chi connectivity index (χ0v) is 22.8. The first-order valence-electron chi connectivity index (χ1n) is 13.4.